The van der Waals surface area contributed by atoms with E-state index in [2.05, 4.69) is 10.6 Å². The zero-order valence-corrected chi connectivity index (χ0v) is 14.9. The minimum absolute atomic E-state index is 0.0825. The van der Waals surface area contributed by atoms with E-state index >= 15 is 0 Å². The van der Waals surface area contributed by atoms with Crippen LogP contribution in [0.15, 0.2) is 0 Å². The molecular weight excluding hydrogens is 298 g/mol. The lowest BCUT2D eigenvalue weighted by Crippen LogP contribution is -2.61. The van der Waals surface area contributed by atoms with Gasteiger partial charge >= 0.3 is 5.97 Å². The fraction of sp³-hybridized carbons (Fsp3) is 0.812. The van der Waals surface area contributed by atoms with Crippen molar-refractivity contribution in [1.29, 1.82) is 0 Å². The Hall–Kier alpha value is -1.31. The smallest absolute Gasteiger partial charge is 0.303 e. The highest BCUT2D eigenvalue weighted by atomic mass is 16.4. The van der Waals surface area contributed by atoms with Crippen molar-refractivity contribution in [2.45, 2.75) is 71.0 Å². The van der Waals surface area contributed by atoms with Gasteiger partial charge in [0.15, 0.2) is 5.78 Å². The summed E-state index contributed by atoms with van der Waals surface area (Å²) in [5, 5.41) is 15.1. The molecule has 0 amide bonds. The number of hydrogen-bond acceptors (Lipinski definition) is 6. The molecule has 0 aromatic heterocycles. The molecule has 0 aliphatic heterocycles. The highest BCUT2D eigenvalue weighted by molar-refractivity contribution is 5.94. The molecular formula is C16H31N3O4. The number of rotatable bonds is 12. The lowest BCUT2D eigenvalue weighted by Gasteiger charge is -2.35. The van der Waals surface area contributed by atoms with Crippen molar-refractivity contribution in [3.05, 3.63) is 0 Å². The minimum Gasteiger partial charge on any atom is -0.481 e. The summed E-state index contributed by atoms with van der Waals surface area (Å²) < 4.78 is 0. The van der Waals surface area contributed by atoms with Crippen LogP contribution >= 0.6 is 0 Å². The molecule has 0 bridgehead atoms. The molecule has 0 aromatic carbocycles. The Morgan fingerprint density at radius 3 is 2.17 bits per heavy atom. The largest absolute Gasteiger partial charge is 0.481 e. The van der Waals surface area contributed by atoms with Gasteiger partial charge in [0, 0.05) is 19.5 Å². The van der Waals surface area contributed by atoms with Crippen LogP contribution in [-0.4, -0.2) is 52.9 Å². The highest BCUT2D eigenvalue weighted by Crippen LogP contribution is 2.18. The molecule has 0 aromatic rings. The second-order valence-corrected chi connectivity index (χ2v) is 6.58. The van der Waals surface area contributed by atoms with Gasteiger partial charge in [-0.25, -0.2) is 0 Å². The summed E-state index contributed by atoms with van der Waals surface area (Å²) in [6.07, 6.45) is 0.495. The third-order valence-electron chi connectivity index (χ3n) is 4.27. The minimum atomic E-state index is -0.974. The first kappa shape index (κ1) is 21.7. The second-order valence-electron chi connectivity index (χ2n) is 6.58. The molecule has 0 fully saturated rings. The van der Waals surface area contributed by atoms with Gasteiger partial charge in [0.2, 0.25) is 0 Å². The van der Waals surface area contributed by atoms with Gasteiger partial charge in [-0.15, -0.1) is 0 Å². The van der Waals surface area contributed by atoms with Crippen molar-refractivity contribution in [2.24, 2.45) is 5.73 Å². The Balaban J connectivity index is 5.31. The van der Waals surface area contributed by atoms with E-state index in [1.165, 1.54) is 6.92 Å². The molecule has 23 heavy (non-hydrogen) atoms. The van der Waals surface area contributed by atoms with E-state index in [4.69, 9.17) is 10.8 Å². The van der Waals surface area contributed by atoms with Gasteiger partial charge in [-0.3, -0.25) is 19.7 Å². The van der Waals surface area contributed by atoms with Crippen LogP contribution in [0.3, 0.4) is 0 Å². The number of aliphatic carboxylic acids is 1. The topological polar surface area (TPSA) is 122 Å². The van der Waals surface area contributed by atoms with E-state index < -0.39 is 23.1 Å². The summed E-state index contributed by atoms with van der Waals surface area (Å²) in [6.45, 7) is 9.38. The van der Waals surface area contributed by atoms with Gasteiger partial charge in [-0.05, 0) is 40.5 Å². The SMILES string of the molecule is CCC(C)(NC(CCC(=O)O)C(=O)C(C)(C)NCCN)C(C)=O. The first-order chi connectivity index (χ1) is 10.5. The van der Waals surface area contributed by atoms with E-state index in [0.717, 1.165) is 0 Å². The molecule has 0 spiro atoms. The van der Waals surface area contributed by atoms with Crippen molar-refractivity contribution in [1.82, 2.24) is 10.6 Å². The average Bonchev–Trinajstić information content (AvgIpc) is 2.47. The average molecular weight is 329 g/mol. The van der Waals surface area contributed by atoms with Crippen LogP contribution in [0.5, 0.6) is 0 Å². The van der Waals surface area contributed by atoms with Crippen LogP contribution in [0.1, 0.15) is 53.9 Å². The predicted molar refractivity (Wildman–Crippen MR) is 89.3 cm³/mol. The lowest BCUT2D eigenvalue weighted by molar-refractivity contribution is -0.137. The lowest BCUT2D eigenvalue weighted by atomic mass is 9.86. The Bertz CT molecular complexity index is 437. The number of ketones is 2. The Labute approximate surface area is 138 Å². The fourth-order valence-electron chi connectivity index (χ4n) is 2.28. The van der Waals surface area contributed by atoms with Crippen LogP contribution < -0.4 is 16.4 Å². The third-order valence-corrected chi connectivity index (χ3v) is 4.27. The summed E-state index contributed by atoms with van der Waals surface area (Å²) in [5.74, 6) is -1.23. The first-order valence-corrected chi connectivity index (χ1v) is 8.00. The summed E-state index contributed by atoms with van der Waals surface area (Å²) in [7, 11) is 0. The monoisotopic (exact) mass is 329 g/mol. The molecule has 0 saturated heterocycles. The molecule has 0 rings (SSSR count). The van der Waals surface area contributed by atoms with Crippen molar-refractivity contribution in [3.8, 4) is 0 Å². The van der Waals surface area contributed by atoms with E-state index in [-0.39, 0.29) is 24.4 Å². The zero-order chi connectivity index (χ0) is 18.3. The summed E-state index contributed by atoms with van der Waals surface area (Å²) in [5.41, 5.74) is 3.74. The van der Waals surface area contributed by atoms with Crippen molar-refractivity contribution < 1.29 is 19.5 Å². The maximum absolute atomic E-state index is 12.8. The number of carboxylic acid groups (broad SMARTS) is 1. The van der Waals surface area contributed by atoms with E-state index in [1.54, 1.807) is 20.8 Å². The van der Waals surface area contributed by atoms with Crippen LogP contribution in [-0.2, 0) is 14.4 Å². The van der Waals surface area contributed by atoms with Gasteiger partial charge in [-0.2, -0.15) is 0 Å². The molecule has 0 radical (unpaired) electrons. The van der Waals surface area contributed by atoms with Crippen molar-refractivity contribution in [2.75, 3.05) is 13.1 Å². The molecule has 0 aliphatic carbocycles. The molecule has 2 unspecified atom stereocenters. The van der Waals surface area contributed by atoms with Gasteiger partial charge in [0.05, 0.1) is 17.1 Å². The van der Waals surface area contributed by atoms with Crippen LogP contribution in [0.2, 0.25) is 0 Å². The highest BCUT2D eigenvalue weighted by Gasteiger charge is 2.38. The van der Waals surface area contributed by atoms with Crippen LogP contribution in [0, 0.1) is 0 Å². The van der Waals surface area contributed by atoms with E-state index in [9.17, 15) is 14.4 Å². The van der Waals surface area contributed by atoms with E-state index in [0.29, 0.717) is 19.5 Å². The standard InChI is InChI=1S/C16H31N3O4/c1-6-16(5,11(2)20)19-12(7-8-13(21)22)14(23)15(3,4)18-10-9-17/h12,18-19H,6-10,17H2,1-5H3,(H,21,22). The molecule has 0 saturated carbocycles. The molecule has 134 valence electrons. The normalized spacial score (nSPS) is 15.7. The molecule has 7 heteroatoms. The summed E-state index contributed by atoms with van der Waals surface area (Å²) in [4.78, 5) is 35.6. The van der Waals surface area contributed by atoms with Crippen LogP contribution in [0.4, 0.5) is 0 Å². The number of carbonyl (C=O) groups excluding carboxylic acids is 2. The second kappa shape index (κ2) is 9.10. The number of nitrogens with two attached hydrogens (primary N) is 1. The van der Waals surface area contributed by atoms with E-state index in [1.807, 2.05) is 6.92 Å². The molecule has 0 aliphatic rings. The van der Waals surface area contributed by atoms with Crippen molar-refractivity contribution in [3.63, 3.8) is 0 Å². The molecule has 2 atom stereocenters. The number of hydrogen-bond donors (Lipinski definition) is 4. The van der Waals surface area contributed by atoms with Gasteiger partial charge in [0.1, 0.15) is 5.78 Å². The number of carboxylic acids is 1. The zero-order valence-electron chi connectivity index (χ0n) is 14.9. The number of carbonyl (C=O) groups is 3. The fourth-order valence-corrected chi connectivity index (χ4v) is 2.28. The quantitative estimate of drug-likeness (QED) is 0.410. The third kappa shape index (κ3) is 6.76. The maximum Gasteiger partial charge on any atom is 0.303 e. The van der Waals surface area contributed by atoms with Gasteiger partial charge in [0.25, 0.3) is 0 Å². The number of Topliss-reactive ketones (excluding diaryl/α,β-unsaturated/α-hetero) is 2. The Kier molecular flexibility index (Phi) is 8.58. The maximum atomic E-state index is 12.8. The van der Waals surface area contributed by atoms with Gasteiger partial charge < -0.3 is 16.2 Å². The number of nitrogens with one attached hydrogen (secondary N) is 2. The van der Waals surface area contributed by atoms with Gasteiger partial charge in [-0.1, -0.05) is 6.92 Å². The summed E-state index contributed by atoms with van der Waals surface area (Å²) in [6, 6.07) is -0.722. The molecule has 5 N–H and O–H groups in total. The Morgan fingerprint density at radius 1 is 1.22 bits per heavy atom. The van der Waals surface area contributed by atoms with Crippen LogP contribution in [0.25, 0.3) is 0 Å². The Morgan fingerprint density at radius 2 is 1.78 bits per heavy atom. The molecule has 0 heterocycles. The predicted octanol–water partition coefficient (Wildman–Crippen LogP) is 0.463. The first-order valence-electron chi connectivity index (χ1n) is 8.00. The van der Waals surface area contributed by atoms with Crippen molar-refractivity contribution >= 4 is 17.5 Å². The summed E-state index contributed by atoms with van der Waals surface area (Å²) >= 11 is 0. The molecule has 7 nitrogen and oxygen atoms in total.